The number of allylic oxidation sites excluding steroid dienone is 1. The summed E-state index contributed by atoms with van der Waals surface area (Å²) in [6, 6.07) is 53.5. The SMILES string of the molecule is N#CC(C#N)=C1c2ccccc2-c2cc(-c3ccc(-c4ccc(-c5ccc6c(c5)c5ccccc5n6-c5ccccc5)s4)s3)ccc21. The molecule has 0 N–H and O–H groups in total. The molecule has 47 heavy (non-hydrogen) atoms. The van der Waals surface area contributed by atoms with E-state index in [1.54, 1.807) is 11.3 Å². The summed E-state index contributed by atoms with van der Waals surface area (Å²) in [6.45, 7) is 0. The average Bonchev–Trinajstić information content (AvgIpc) is 3.93. The molecule has 5 aromatic carbocycles. The van der Waals surface area contributed by atoms with Crippen LogP contribution in [0, 0.1) is 22.7 Å². The maximum atomic E-state index is 9.66. The fourth-order valence-corrected chi connectivity index (χ4v) is 8.95. The second-order valence-corrected chi connectivity index (χ2v) is 13.7. The Labute approximate surface area is 279 Å². The number of nitrogens with zero attached hydrogens (tertiary/aromatic N) is 3. The quantitative estimate of drug-likeness (QED) is 0.181. The summed E-state index contributed by atoms with van der Waals surface area (Å²) in [7, 11) is 0. The molecule has 3 aromatic heterocycles. The van der Waals surface area contributed by atoms with E-state index in [2.05, 4.69) is 138 Å². The number of thiophene rings is 2. The van der Waals surface area contributed by atoms with Crippen LogP contribution in [-0.2, 0) is 0 Å². The van der Waals surface area contributed by atoms with Crippen molar-refractivity contribution in [3.63, 3.8) is 0 Å². The predicted octanol–water partition coefficient (Wildman–Crippen LogP) is 11.7. The van der Waals surface area contributed by atoms with Gasteiger partial charge in [0.15, 0.2) is 0 Å². The summed E-state index contributed by atoms with van der Waals surface area (Å²) >= 11 is 3.61. The Morgan fingerprint density at radius 3 is 1.79 bits per heavy atom. The molecule has 0 unspecified atom stereocenters. The highest BCUT2D eigenvalue weighted by atomic mass is 32.1. The first-order chi connectivity index (χ1) is 23.2. The van der Waals surface area contributed by atoms with Gasteiger partial charge in [0.2, 0.25) is 0 Å². The summed E-state index contributed by atoms with van der Waals surface area (Å²) in [5.41, 5.74) is 10.8. The van der Waals surface area contributed by atoms with Gasteiger partial charge in [0.25, 0.3) is 0 Å². The fourth-order valence-electron chi connectivity index (χ4n) is 6.86. The first kappa shape index (κ1) is 27.3. The molecule has 9 rings (SSSR count). The summed E-state index contributed by atoms with van der Waals surface area (Å²) in [4.78, 5) is 4.90. The number of hydrogen-bond donors (Lipinski definition) is 0. The van der Waals surface area contributed by atoms with Gasteiger partial charge in [-0.1, -0.05) is 78.9 Å². The monoisotopic (exact) mass is 633 g/mol. The Hall–Kier alpha value is -5.98. The minimum Gasteiger partial charge on any atom is -0.309 e. The maximum absolute atomic E-state index is 9.66. The number of rotatable bonds is 4. The van der Waals surface area contributed by atoms with Crippen LogP contribution in [-0.4, -0.2) is 4.57 Å². The van der Waals surface area contributed by atoms with Crippen molar-refractivity contribution in [2.45, 2.75) is 0 Å². The molecule has 0 fully saturated rings. The second-order valence-electron chi connectivity index (χ2n) is 11.5. The van der Waals surface area contributed by atoms with Crippen molar-refractivity contribution in [1.82, 2.24) is 4.57 Å². The van der Waals surface area contributed by atoms with E-state index in [9.17, 15) is 10.5 Å². The maximum Gasteiger partial charge on any atom is 0.138 e. The highest BCUT2D eigenvalue weighted by Gasteiger charge is 2.27. The third-order valence-corrected chi connectivity index (χ3v) is 11.4. The van der Waals surface area contributed by atoms with Crippen LogP contribution >= 0.6 is 22.7 Å². The zero-order chi connectivity index (χ0) is 31.5. The molecule has 3 nitrogen and oxygen atoms in total. The zero-order valence-electron chi connectivity index (χ0n) is 24.9. The molecular weight excluding hydrogens is 611 g/mol. The van der Waals surface area contributed by atoms with E-state index >= 15 is 0 Å². The standard InChI is InChI=1S/C42H23N3S2/c43-24-28(25-44)42-32-12-5-4-10-30(32)34-22-26(14-16-33(34)42)38-18-20-40(46-38)41-21-19-39(47-41)27-15-17-37-35(23-27)31-11-6-7-13-36(31)45(37)29-8-2-1-3-9-29/h1-23H. The topological polar surface area (TPSA) is 52.5 Å². The van der Waals surface area contributed by atoms with Gasteiger partial charge in [0.05, 0.1) is 11.0 Å². The molecule has 1 aliphatic carbocycles. The molecule has 1 aliphatic rings. The van der Waals surface area contributed by atoms with E-state index in [0.717, 1.165) is 39.1 Å². The molecule has 0 atom stereocenters. The minimum absolute atomic E-state index is 0.150. The van der Waals surface area contributed by atoms with E-state index in [-0.39, 0.29) is 5.57 Å². The Kier molecular flexibility index (Phi) is 6.30. The first-order valence-corrected chi connectivity index (χ1v) is 16.9. The molecular formula is C42H23N3S2. The predicted molar refractivity (Wildman–Crippen MR) is 196 cm³/mol. The molecule has 5 heteroatoms. The van der Waals surface area contributed by atoms with Crippen molar-refractivity contribution in [2.24, 2.45) is 0 Å². The summed E-state index contributed by atoms with van der Waals surface area (Å²) in [5, 5.41) is 21.8. The third-order valence-electron chi connectivity index (χ3n) is 8.96. The van der Waals surface area contributed by atoms with Crippen molar-refractivity contribution in [3.05, 3.63) is 156 Å². The van der Waals surface area contributed by atoms with Gasteiger partial charge in [-0.2, -0.15) is 10.5 Å². The lowest BCUT2D eigenvalue weighted by atomic mass is 9.98. The second kappa shape index (κ2) is 10.8. The summed E-state index contributed by atoms with van der Waals surface area (Å²) in [5.74, 6) is 0. The molecule has 0 bridgehead atoms. The van der Waals surface area contributed by atoms with Crippen molar-refractivity contribution in [1.29, 1.82) is 10.5 Å². The van der Waals surface area contributed by atoms with Gasteiger partial charge in [-0.3, -0.25) is 0 Å². The Morgan fingerprint density at radius 1 is 0.468 bits per heavy atom. The largest absolute Gasteiger partial charge is 0.309 e. The van der Waals surface area contributed by atoms with Crippen molar-refractivity contribution in [2.75, 3.05) is 0 Å². The number of aromatic nitrogens is 1. The molecule has 8 aromatic rings. The minimum atomic E-state index is 0.150. The van der Waals surface area contributed by atoms with Gasteiger partial charge in [-0.15, -0.1) is 22.7 Å². The first-order valence-electron chi connectivity index (χ1n) is 15.3. The lowest BCUT2D eigenvalue weighted by Crippen LogP contribution is -1.92. The van der Waals surface area contributed by atoms with Crippen LogP contribution in [0.5, 0.6) is 0 Å². The molecule has 0 aliphatic heterocycles. The Balaban J connectivity index is 1.07. The zero-order valence-corrected chi connectivity index (χ0v) is 26.6. The van der Waals surface area contributed by atoms with E-state index in [1.165, 1.54) is 46.9 Å². The number of hydrogen-bond acceptors (Lipinski definition) is 4. The van der Waals surface area contributed by atoms with Crippen molar-refractivity contribution >= 4 is 50.1 Å². The summed E-state index contributed by atoms with van der Waals surface area (Å²) in [6.07, 6.45) is 0. The van der Waals surface area contributed by atoms with E-state index in [0.29, 0.717) is 0 Å². The molecule has 0 amide bonds. The van der Waals surface area contributed by atoms with E-state index in [4.69, 9.17) is 0 Å². The van der Waals surface area contributed by atoms with Crippen LogP contribution < -0.4 is 0 Å². The van der Waals surface area contributed by atoms with Crippen LogP contribution in [0.25, 0.3) is 74.8 Å². The third kappa shape index (κ3) is 4.30. The smallest absolute Gasteiger partial charge is 0.138 e. The van der Waals surface area contributed by atoms with Gasteiger partial charge < -0.3 is 4.57 Å². The number of fused-ring (bicyclic) bond motifs is 6. The van der Waals surface area contributed by atoms with Crippen LogP contribution in [0.4, 0.5) is 0 Å². The molecule has 0 radical (unpaired) electrons. The van der Waals surface area contributed by atoms with Crippen molar-refractivity contribution < 1.29 is 0 Å². The highest BCUT2D eigenvalue weighted by molar-refractivity contribution is 7.25. The molecule has 0 saturated heterocycles. The van der Waals surface area contributed by atoms with Gasteiger partial charge >= 0.3 is 0 Å². The van der Waals surface area contributed by atoms with Crippen LogP contribution in [0.2, 0.25) is 0 Å². The average molecular weight is 634 g/mol. The van der Waals surface area contributed by atoms with Gasteiger partial charge in [-0.25, -0.2) is 0 Å². The number of nitriles is 2. The number of benzene rings is 5. The Bertz CT molecular complexity index is 2640. The van der Waals surface area contributed by atoms with Crippen LogP contribution in [0.3, 0.4) is 0 Å². The lowest BCUT2D eigenvalue weighted by Gasteiger charge is -2.07. The summed E-state index contributed by atoms with van der Waals surface area (Å²) < 4.78 is 2.35. The molecule has 218 valence electrons. The molecule has 3 heterocycles. The van der Waals surface area contributed by atoms with E-state index in [1.807, 2.05) is 29.5 Å². The normalized spacial score (nSPS) is 11.7. The van der Waals surface area contributed by atoms with E-state index < -0.39 is 0 Å². The van der Waals surface area contributed by atoms with Crippen LogP contribution in [0.15, 0.2) is 145 Å². The van der Waals surface area contributed by atoms with Gasteiger partial charge in [-0.05, 0) is 94.0 Å². The highest BCUT2D eigenvalue weighted by Crippen LogP contribution is 2.48. The molecule has 0 saturated carbocycles. The van der Waals surface area contributed by atoms with Crippen molar-refractivity contribution in [3.8, 4) is 59.6 Å². The fraction of sp³-hybridized carbons (Fsp3) is 0. The number of para-hydroxylation sites is 2. The Morgan fingerprint density at radius 2 is 1.04 bits per heavy atom. The lowest BCUT2D eigenvalue weighted by molar-refractivity contribution is 1.18. The van der Waals surface area contributed by atoms with Gasteiger partial charge in [0.1, 0.15) is 17.7 Å². The molecule has 0 spiro atoms. The van der Waals surface area contributed by atoms with Crippen LogP contribution in [0.1, 0.15) is 11.1 Å². The van der Waals surface area contributed by atoms with Gasteiger partial charge in [0, 0.05) is 41.5 Å².